The maximum absolute atomic E-state index is 5.83. The quantitative estimate of drug-likeness (QED) is 0.863. The monoisotopic (exact) mass is 230 g/mol. The van der Waals surface area contributed by atoms with Crippen LogP contribution < -0.4 is 5.73 Å². The fourth-order valence-corrected chi connectivity index (χ4v) is 2.61. The highest BCUT2D eigenvalue weighted by atomic mass is 14.9. The zero-order valence-electron chi connectivity index (χ0n) is 11.2. The summed E-state index contributed by atoms with van der Waals surface area (Å²) in [6, 6.07) is 6.77. The van der Waals surface area contributed by atoms with Gasteiger partial charge in [-0.2, -0.15) is 0 Å². The maximum Gasteiger partial charge on any atom is 0.0482 e. The van der Waals surface area contributed by atoms with Gasteiger partial charge in [-0.3, -0.25) is 0 Å². The molecule has 1 heterocycles. The number of nitrogens with zero attached hydrogens (tertiary/aromatic N) is 1. The normalized spacial score (nSPS) is 13.2. The largest absolute Gasteiger partial charge is 0.348 e. The van der Waals surface area contributed by atoms with E-state index in [1.165, 1.54) is 27.7 Å². The molecule has 2 N–H and O–H groups in total. The van der Waals surface area contributed by atoms with Crippen LogP contribution in [-0.4, -0.2) is 11.1 Å². The van der Waals surface area contributed by atoms with Gasteiger partial charge in [-0.05, 0) is 49.1 Å². The molecule has 0 amide bonds. The molecule has 2 rings (SSSR count). The Labute approximate surface area is 103 Å². The Bertz CT molecular complexity index is 537. The van der Waals surface area contributed by atoms with Crippen LogP contribution in [0, 0.1) is 6.92 Å². The molecule has 1 aromatic carbocycles. The van der Waals surface area contributed by atoms with E-state index >= 15 is 0 Å². The Hall–Kier alpha value is -1.28. The molecule has 0 fully saturated rings. The summed E-state index contributed by atoms with van der Waals surface area (Å²) >= 11 is 0. The average molecular weight is 230 g/mol. The first-order valence-electron chi connectivity index (χ1n) is 6.38. The van der Waals surface area contributed by atoms with Gasteiger partial charge in [-0.25, -0.2) is 0 Å². The van der Waals surface area contributed by atoms with Gasteiger partial charge in [-0.15, -0.1) is 0 Å². The molecule has 92 valence electrons. The molecule has 0 aliphatic heterocycles. The molecule has 1 atom stereocenters. The third-order valence-corrected chi connectivity index (χ3v) is 3.86. The van der Waals surface area contributed by atoms with Gasteiger partial charge in [0.25, 0.3) is 0 Å². The molecular weight excluding hydrogens is 208 g/mol. The van der Waals surface area contributed by atoms with E-state index in [4.69, 9.17) is 5.73 Å². The molecule has 0 radical (unpaired) electrons. The Morgan fingerprint density at radius 1 is 1.35 bits per heavy atom. The van der Waals surface area contributed by atoms with Crippen LogP contribution in [0.4, 0.5) is 0 Å². The number of rotatable bonds is 3. The van der Waals surface area contributed by atoms with Crippen molar-refractivity contribution < 1.29 is 0 Å². The summed E-state index contributed by atoms with van der Waals surface area (Å²) in [6.07, 6.45) is 1.08. The number of hydrogen-bond acceptors (Lipinski definition) is 1. The smallest absolute Gasteiger partial charge is 0.0482 e. The molecule has 2 heteroatoms. The summed E-state index contributed by atoms with van der Waals surface area (Å²) < 4.78 is 2.27. The van der Waals surface area contributed by atoms with Crippen molar-refractivity contribution in [1.82, 2.24) is 4.57 Å². The lowest BCUT2D eigenvalue weighted by atomic mass is 9.97. The van der Waals surface area contributed by atoms with E-state index in [2.05, 4.69) is 50.6 Å². The molecule has 1 aromatic heterocycles. The molecule has 1 unspecified atom stereocenters. The van der Waals surface area contributed by atoms with E-state index in [-0.39, 0.29) is 0 Å². The Balaban J connectivity index is 2.75. The predicted octanol–water partition coefficient (Wildman–Crippen LogP) is 3.11. The number of aryl methyl sites for hydroxylation is 2. The van der Waals surface area contributed by atoms with Gasteiger partial charge in [0.05, 0.1) is 0 Å². The Kier molecular flexibility index (Phi) is 3.25. The first-order chi connectivity index (χ1) is 8.10. The van der Waals surface area contributed by atoms with Crippen molar-refractivity contribution in [3.05, 3.63) is 35.0 Å². The van der Waals surface area contributed by atoms with E-state index < -0.39 is 0 Å². The molecule has 0 aliphatic carbocycles. The molecule has 0 aliphatic rings. The van der Waals surface area contributed by atoms with Crippen LogP contribution in [0.15, 0.2) is 18.2 Å². The summed E-state index contributed by atoms with van der Waals surface area (Å²) in [6.45, 7) is 7.30. The van der Waals surface area contributed by atoms with Crippen molar-refractivity contribution in [2.75, 3.05) is 6.54 Å². The summed E-state index contributed by atoms with van der Waals surface area (Å²) in [4.78, 5) is 0. The summed E-state index contributed by atoms with van der Waals surface area (Å²) in [5, 5.41) is 1.38. The standard InChI is InChI=1S/C15H22N2/c1-5-12-6-7-14-13(8-12)15(10(2)9-16)11(3)17(14)4/h6-8,10H,5,9,16H2,1-4H3. The van der Waals surface area contributed by atoms with Crippen LogP contribution in [0.3, 0.4) is 0 Å². The van der Waals surface area contributed by atoms with Crippen molar-refractivity contribution in [3.63, 3.8) is 0 Å². The van der Waals surface area contributed by atoms with Crippen LogP contribution in [-0.2, 0) is 13.5 Å². The first-order valence-corrected chi connectivity index (χ1v) is 6.38. The molecule has 2 aromatic rings. The molecule has 0 bridgehead atoms. The van der Waals surface area contributed by atoms with Gasteiger partial charge < -0.3 is 10.3 Å². The second-order valence-corrected chi connectivity index (χ2v) is 4.90. The van der Waals surface area contributed by atoms with Crippen LogP contribution in [0.5, 0.6) is 0 Å². The fraction of sp³-hybridized carbons (Fsp3) is 0.467. The summed E-state index contributed by atoms with van der Waals surface area (Å²) in [5.41, 5.74) is 11.3. The third kappa shape index (κ3) is 1.87. The molecule has 0 saturated heterocycles. The topological polar surface area (TPSA) is 30.9 Å². The lowest BCUT2D eigenvalue weighted by Gasteiger charge is -2.09. The van der Waals surface area contributed by atoms with E-state index in [0.29, 0.717) is 12.5 Å². The van der Waals surface area contributed by atoms with Gasteiger partial charge in [0.15, 0.2) is 0 Å². The zero-order chi connectivity index (χ0) is 12.6. The molecule has 0 spiro atoms. The van der Waals surface area contributed by atoms with Gasteiger partial charge in [0.2, 0.25) is 0 Å². The van der Waals surface area contributed by atoms with Crippen molar-refractivity contribution >= 4 is 10.9 Å². The van der Waals surface area contributed by atoms with Crippen LogP contribution in [0.25, 0.3) is 10.9 Å². The highest BCUT2D eigenvalue weighted by Gasteiger charge is 2.16. The number of benzene rings is 1. The van der Waals surface area contributed by atoms with Crippen molar-refractivity contribution in [1.29, 1.82) is 0 Å². The maximum atomic E-state index is 5.83. The molecule has 2 nitrogen and oxygen atoms in total. The minimum absolute atomic E-state index is 0.422. The third-order valence-electron chi connectivity index (χ3n) is 3.86. The fourth-order valence-electron chi connectivity index (χ4n) is 2.61. The summed E-state index contributed by atoms with van der Waals surface area (Å²) in [7, 11) is 2.13. The SMILES string of the molecule is CCc1ccc2c(c1)c(C(C)CN)c(C)n2C. The lowest BCUT2D eigenvalue weighted by Crippen LogP contribution is -2.10. The molecular formula is C15H22N2. The lowest BCUT2D eigenvalue weighted by molar-refractivity contribution is 0.761. The van der Waals surface area contributed by atoms with Gasteiger partial charge in [0.1, 0.15) is 0 Å². The minimum atomic E-state index is 0.422. The Morgan fingerprint density at radius 2 is 2.06 bits per heavy atom. The molecule has 0 saturated carbocycles. The highest BCUT2D eigenvalue weighted by Crippen LogP contribution is 2.31. The van der Waals surface area contributed by atoms with Crippen LogP contribution in [0.2, 0.25) is 0 Å². The second kappa shape index (κ2) is 4.53. The Morgan fingerprint density at radius 3 is 2.65 bits per heavy atom. The average Bonchev–Trinajstić information content (AvgIpc) is 2.60. The van der Waals surface area contributed by atoms with E-state index in [9.17, 15) is 0 Å². The second-order valence-electron chi connectivity index (χ2n) is 4.90. The van der Waals surface area contributed by atoms with Gasteiger partial charge in [-0.1, -0.05) is 19.9 Å². The predicted molar refractivity (Wildman–Crippen MR) is 74.5 cm³/mol. The van der Waals surface area contributed by atoms with E-state index in [1.54, 1.807) is 0 Å². The number of fused-ring (bicyclic) bond motifs is 1. The number of aromatic nitrogens is 1. The first kappa shape index (κ1) is 12.2. The molecule has 17 heavy (non-hydrogen) atoms. The van der Waals surface area contributed by atoms with E-state index in [1.807, 2.05) is 0 Å². The van der Waals surface area contributed by atoms with Crippen LogP contribution >= 0.6 is 0 Å². The van der Waals surface area contributed by atoms with Crippen molar-refractivity contribution in [3.8, 4) is 0 Å². The zero-order valence-corrected chi connectivity index (χ0v) is 11.2. The number of nitrogens with two attached hydrogens (primary N) is 1. The highest BCUT2D eigenvalue weighted by molar-refractivity contribution is 5.86. The van der Waals surface area contributed by atoms with Crippen LogP contribution in [0.1, 0.15) is 36.6 Å². The van der Waals surface area contributed by atoms with Gasteiger partial charge >= 0.3 is 0 Å². The number of hydrogen-bond donors (Lipinski definition) is 1. The summed E-state index contributed by atoms with van der Waals surface area (Å²) in [5.74, 6) is 0.422. The van der Waals surface area contributed by atoms with E-state index in [0.717, 1.165) is 6.42 Å². The van der Waals surface area contributed by atoms with Crippen molar-refractivity contribution in [2.24, 2.45) is 12.8 Å². The van der Waals surface area contributed by atoms with Gasteiger partial charge in [0, 0.05) is 23.6 Å². The minimum Gasteiger partial charge on any atom is -0.348 e. The van der Waals surface area contributed by atoms with Crippen molar-refractivity contribution in [2.45, 2.75) is 33.1 Å².